The first-order valence-corrected chi connectivity index (χ1v) is 6.39. The number of alkyl halides is 3. The van der Waals surface area contributed by atoms with Crippen LogP contribution in [0, 0.1) is 6.92 Å². The molecule has 7 heteroatoms. The summed E-state index contributed by atoms with van der Waals surface area (Å²) in [6, 6.07) is 7.26. The molecule has 2 rings (SSSR count). The molecule has 0 spiro atoms. The second-order valence-corrected chi connectivity index (χ2v) is 4.89. The Morgan fingerprint density at radius 2 is 1.86 bits per heavy atom. The van der Waals surface area contributed by atoms with E-state index in [-0.39, 0.29) is 10.6 Å². The molecule has 0 radical (unpaired) electrons. The van der Waals surface area contributed by atoms with Crippen LogP contribution >= 0.6 is 12.2 Å². The van der Waals surface area contributed by atoms with Crippen LogP contribution in [0.5, 0.6) is 0 Å². The number of pyridine rings is 1. The van der Waals surface area contributed by atoms with Crippen LogP contribution in [0.1, 0.15) is 16.8 Å². The molecule has 1 aromatic heterocycles. The van der Waals surface area contributed by atoms with E-state index in [9.17, 15) is 13.2 Å². The molecule has 3 N–H and O–H groups in total. The van der Waals surface area contributed by atoms with Crippen molar-refractivity contribution < 1.29 is 13.2 Å². The Hall–Kier alpha value is -2.15. The average Bonchev–Trinajstić information content (AvgIpc) is 2.40. The lowest BCUT2D eigenvalue weighted by atomic mass is 10.1. The van der Waals surface area contributed by atoms with Crippen LogP contribution in [0.15, 0.2) is 36.5 Å². The number of halogens is 3. The molecule has 0 amide bonds. The van der Waals surface area contributed by atoms with Gasteiger partial charge in [-0.25, -0.2) is 0 Å². The highest BCUT2D eigenvalue weighted by Gasteiger charge is 2.32. The van der Waals surface area contributed by atoms with Gasteiger partial charge in [0, 0.05) is 17.6 Å². The molecule has 3 nitrogen and oxygen atoms in total. The average molecular weight is 311 g/mol. The number of hydrogen-bond acceptors (Lipinski definition) is 3. The van der Waals surface area contributed by atoms with Crippen LogP contribution in [-0.4, -0.2) is 9.97 Å². The molecule has 0 aliphatic heterocycles. The molecule has 110 valence electrons. The smallest absolute Gasteiger partial charge is 0.388 e. The van der Waals surface area contributed by atoms with Gasteiger partial charge in [-0.05, 0) is 36.8 Å². The summed E-state index contributed by atoms with van der Waals surface area (Å²) >= 11 is 4.81. The quantitative estimate of drug-likeness (QED) is 0.847. The zero-order valence-electron chi connectivity index (χ0n) is 11.0. The van der Waals surface area contributed by atoms with Crippen LogP contribution in [0.25, 0.3) is 0 Å². The summed E-state index contributed by atoms with van der Waals surface area (Å²) in [5.41, 5.74) is 6.26. The van der Waals surface area contributed by atoms with Crippen LogP contribution in [0.4, 0.5) is 24.5 Å². The van der Waals surface area contributed by atoms with E-state index in [1.165, 1.54) is 19.2 Å². The number of aromatic nitrogens is 1. The summed E-state index contributed by atoms with van der Waals surface area (Å²) in [5.74, 6) is 0. The maximum Gasteiger partial charge on any atom is 0.416 e. The van der Waals surface area contributed by atoms with Crippen molar-refractivity contribution in [2.24, 2.45) is 5.73 Å². The lowest BCUT2D eigenvalue weighted by Crippen LogP contribution is -2.11. The van der Waals surface area contributed by atoms with Crippen molar-refractivity contribution in [2.75, 3.05) is 5.32 Å². The number of benzene rings is 1. The minimum atomic E-state index is -4.38. The standard InChI is InChI=1S/C14H12F3N3S/c1-8-2-3-9(6-11(8)14(15,16)17)20-10-4-5-19-12(7-10)13(18)21/h2-7H,1H3,(H2,18,21)(H,19,20). The highest BCUT2D eigenvalue weighted by molar-refractivity contribution is 7.80. The van der Waals surface area contributed by atoms with E-state index in [0.29, 0.717) is 17.1 Å². The van der Waals surface area contributed by atoms with Gasteiger partial charge >= 0.3 is 6.18 Å². The normalized spacial score (nSPS) is 11.2. The molecule has 0 atom stereocenters. The van der Waals surface area contributed by atoms with E-state index in [2.05, 4.69) is 10.3 Å². The van der Waals surface area contributed by atoms with Gasteiger partial charge in [0.05, 0.1) is 11.3 Å². The Labute approximate surface area is 125 Å². The van der Waals surface area contributed by atoms with Gasteiger partial charge < -0.3 is 11.1 Å². The summed E-state index contributed by atoms with van der Waals surface area (Å²) < 4.78 is 38.6. The van der Waals surface area contributed by atoms with E-state index in [4.69, 9.17) is 18.0 Å². The summed E-state index contributed by atoms with van der Waals surface area (Å²) in [6.07, 6.45) is -2.90. The summed E-state index contributed by atoms with van der Waals surface area (Å²) in [6.45, 7) is 1.42. The molecule has 21 heavy (non-hydrogen) atoms. The first-order chi connectivity index (χ1) is 9.77. The third kappa shape index (κ3) is 3.69. The van der Waals surface area contributed by atoms with Gasteiger partial charge in [0.2, 0.25) is 0 Å². The minimum Gasteiger partial charge on any atom is -0.388 e. The molecule has 1 heterocycles. The van der Waals surface area contributed by atoms with Crippen LogP contribution in [-0.2, 0) is 6.18 Å². The number of anilines is 2. The third-order valence-corrected chi connectivity index (χ3v) is 3.05. The molecular weight excluding hydrogens is 299 g/mol. The van der Waals surface area contributed by atoms with Crippen molar-refractivity contribution in [3.05, 3.63) is 53.3 Å². The molecule has 0 aliphatic rings. The monoisotopic (exact) mass is 311 g/mol. The molecular formula is C14H12F3N3S. The largest absolute Gasteiger partial charge is 0.416 e. The fourth-order valence-corrected chi connectivity index (χ4v) is 1.93. The Kier molecular flexibility index (Phi) is 4.13. The van der Waals surface area contributed by atoms with Crippen LogP contribution in [0.3, 0.4) is 0 Å². The lowest BCUT2D eigenvalue weighted by Gasteiger charge is -2.13. The lowest BCUT2D eigenvalue weighted by molar-refractivity contribution is -0.138. The van der Waals surface area contributed by atoms with Crippen molar-refractivity contribution in [1.29, 1.82) is 0 Å². The van der Waals surface area contributed by atoms with Crippen molar-refractivity contribution in [3.8, 4) is 0 Å². The molecule has 1 aromatic carbocycles. The second kappa shape index (κ2) is 5.69. The molecule has 0 fully saturated rings. The zero-order chi connectivity index (χ0) is 15.6. The van der Waals surface area contributed by atoms with Gasteiger partial charge in [0.1, 0.15) is 4.99 Å². The molecule has 0 aliphatic carbocycles. The predicted octanol–water partition coefficient (Wildman–Crippen LogP) is 3.79. The summed E-state index contributed by atoms with van der Waals surface area (Å²) in [7, 11) is 0. The van der Waals surface area contributed by atoms with Gasteiger partial charge in [-0.1, -0.05) is 18.3 Å². The van der Waals surface area contributed by atoms with Crippen molar-refractivity contribution in [3.63, 3.8) is 0 Å². The minimum absolute atomic E-state index is 0.124. The third-order valence-electron chi connectivity index (χ3n) is 2.84. The summed E-state index contributed by atoms with van der Waals surface area (Å²) in [5, 5.41) is 2.88. The topological polar surface area (TPSA) is 50.9 Å². The molecule has 0 bridgehead atoms. The predicted molar refractivity (Wildman–Crippen MR) is 79.6 cm³/mol. The van der Waals surface area contributed by atoms with Crippen molar-refractivity contribution >= 4 is 28.6 Å². The van der Waals surface area contributed by atoms with Gasteiger partial charge in [-0.3, -0.25) is 4.98 Å². The molecule has 0 unspecified atom stereocenters. The van der Waals surface area contributed by atoms with Gasteiger partial charge in [-0.2, -0.15) is 13.2 Å². The van der Waals surface area contributed by atoms with E-state index in [1.54, 1.807) is 18.2 Å². The van der Waals surface area contributed by atoms with E-state index in [0.717, 1.165) is 6.07 Å². The maximum absolute atomic E-state index is 12.9. The number of rotatable bonds is 3. The fourth-order valence-electron chi connectivity index (χ4n) is 1.81. The molecule has 0 saturated carbocycles. The first-order valence-electron chi connectivity index (χ1n) is 5.98. The summed E-state index contributed by atoms with van der Waals surface area (Å²) in [4.78, 5) is 4.09. The number of thiocarbonyl (C=S) groups is 1. The zero-order valence-corrected chi connectivity index (χ0v) is 11.8. The number of nitrogens with two attached hydrogens (primary N) is 1. The number of nitrogens with zero attached hydrogens (tertiary/aromatic N) is 1. The van der Waals surface area contributed by atoms with E-state index >= 15 is 0 Å². The molecule has 2 aromatic rings. The van der Waals surface area contributed by atoms with Crippen molar-refractivity contribution in [2.45, 2.75) is 13.1 Å². The number of hydrogen-bond donors (Lipinski definition) is 2. The Balaban J connectivity index is 2.32. The highest BCUT2D eigenvalue weighted by atomic mass is 32.1. The Morgan fingerprint density at radius 3 is 2.48 bits per heavy atom. The Morgan fingerprint density at radius 1 is 1.19 bits per heavy atom. The Bertz CT molecular complexity index is 683. The van der Waals surface area contributed by atoms with Gasteiger partial charge in [0.25, 0.3) is 0 Å². The van der Waals surface area contributed by atoms with Crippen molar-refractivity contribution in [1.82, 2.24) is 4.98 Å². The first kappa shape index (κ1) is 15.2. The van der Waals surface area contributed by atoms with E-state index < -0.39 is 11.7 Å². The van der Waals surface area contributed by atoms with Crippen LogP contribution < -0.4 is 11.1 Å². The number of aryl methyl sites for hydroxylation is 1. The SMILES string of the molecule is Cc1ccc(Nc2ccnc(C(N)=S)c2)cc1C(F)(F)F. The number of nitrogens with one attached hydrogen (secondary N) is 1. The van der Waals surface area contributed by atoms with E-state index in [1.807, 2.05) is 0 Å². The highest BCUT2D eigenvalue weighted by Crippen LogP contribution is 2.34. The van der Waals surface area contributed by atoms with Gasteiger partial charge in [0.15, 0.2) is 0 Å². The fraction of sp³-hybridized carbons (Fsp3) is 0.143. The molecule has 0 saturated heterocycles. The second-order valence-electron chi connectivity index (χ2n) is 4.45. The van der Waals surface area contributed by atoms with Crippen LogP contribution in [0.2, 0.25) is 0 Å². The maximum atomic E-state index is 12.9. The van der Waals surface area contributed by atoms with Gasteiger partial charge in [-0.15, -0.1) is 0 Å².